The first-order chi connectivity index (χ1) is 7.26. The van der Waals surface area contributed by atoms with Gasteiger partial charge in [-0.3, -0.25) is 4.99 Å². The van der Waals surface area contributed by atoms with E-state index in [2.05, 4.69) is 34.5 Å². The minimum Gasteiger partial charge on any atom is -0.356 e. The molecule has 1 atom stereocenters. The summed E-state index contributed by atoms with van der Waals surface area (Å²) < 4.78 is 0. The Kier molecular flexibility index (Phi) is 5.47. The first kappa shape index (κ1) is 12.3. The molecule has 1 unspecified atom stereocenters. The Morgan fingerprint density at radius 1 is 1.47 bits per heavy atom. The summed E-state index contributed by atoms with van der Waals surface area (Å²) in [5.74, 6) is 1.71. The molecule has 2 N–H and O–H groups in total. The maximum Gasteiger partial charge on any atom is 0.190 e. The maximum atomic E-state index is 4.19. The van der Waals surface area contributed by atoms with Crippen molar-refractivity contribution in [3.8, 4) is 0 Å². The van der Waals surface area contributed by atoms with E-state index in [1.54, 1.807) is 0 Å². The van der Waals surface area contributed by atoms with Gasteiger partial charge in [0, 0.05) is 26.7 Å². The molecule has 1 fully saturated rings. The molecule has 15 heavy (non-hydrogen) atoms. The third-order valence-electron chi connectivity index (χ3n) is 2.81. The van der Waals surface area contributed by atoms with Crippen LogP contribution >= 0.6 is 0 Å². The second kappa shape index (κ2) is 6.67. The van der Waals surface area contributed by atoms with Gasteiger partial charge in [0.05, 0.1) is 0 Å². The van der Waals surface area contributed by atoms with E-state index in [0.717, 1.165) is 31.4 Å². The van der Waals surface area contributed by atoms with Crippen molar-refractivity contribution in [3.05, 3.63) is 0 Å². The van der Waals surface area contributed by atoms with Gasteiger partial charge >= 0.3 is 0 Å². The van der Waals surface area contributed by atoms with Crippen LogP contribution in [0.5, 0.6) is 0 Å². The largest absolute Gasteiger partial charge is 0.356 e. The summed E-state index contributed by atoms with van der Waals surface area (Å²) in [6, 6.07) is 0. The molecule has 0 spiro atoms. The van der Waals surface area contributed by atoms with Crippen molar-refractivity contribution in [1.82, 2.24) is 15.5 Å². The molecular weight excluding hydrogens is 188 g/mol. The molecule has 88 valence electrons. The highest BCUT2D eigenvalue weighted by molar-refractivity contribution is 5.79. The maximum absolute atomic E-state index is 4.19. The van der Waals surface area contributed by atoms with Crippen LogP contribution in [0.3, 0.4) is 0 Å². The molecule has 1 aliphatic heterocycles. The summed E-state index contributed by atoms with van der Waals surface area (Å²) in [7, 11) is 4.01. The minimum absolute atomic E-state index is 0.773. The van der Waals surface area contributed by atoms with Gasteiger partial charge in [-0.2, -0.15) is 0 Å². The summed E-state index contributed by atoms with van der Waals surface area (Å²) >= 11 is 0. The number of rotatable bonds is 4. The van der Waals surface area contributed by atoms with Crippen LogP contribution in [0.4, 0.5) is 0 Å². The molecule has 0 radical (unpaired) electrons. The van der Waals surface area contributed by atoms with Gasteiger partial charge in [-0.05, 0) is 32.4 Å². The molecule has 0 aromatic carbocycles. The minimum atomic E-state index is 0.773. The number of nitrogens with one attached hydrogen (secondary N) is 2. The summed E-state index contributed by atoms with van der Waals surface area (Å²) in [5, 5.41) is 6.66. The summed E-state index contributed by atoms with van der Waals surface area (Å²) in [6.07, 6.45) is 2.43. The molecule has 1 heterocycles. The van der Waals surface area contributed by atoms with Crippen molar-refractivity contribution in [2.45, 2.75) is 19.8 Å². The fourth-order valence-corrected chi connectivity index (χ4v) is 1.90. The molecule has 0 bridgehead atoms. The molecular formula is C11H24N4. The van der Waals surface area contributed by atoms with Crippen molar-refractivity contribution in [2.24, 2.45) is 10.9 Å². The lowest BCUT2D eigenvalue weighted by atomic mass is 10.1. The van der Waals surface area contributed by atoms with Crippen LogP contribution in [0.25, 0.3) is 0 Å². The Labute approximate surface area is 93.1 Å². The fraction of sp³-hybridized carbons (Fsp3) is 0.909. The number of nitrogens with zero attached hydrogens (tertiary/aromatic N) is 2. The molecule has 0 saturated carbocycles. The van der Waals surface area contributed by atoms with E-state index in [0.29, 0.717) is 0 Å². The zero-order valence-electron chi connectivity index (χ0n) is 10.2. The van der Waals surface area contributed by atoms with Crippen molar-refractivity contribution >= 4 is 5.96 Å². The molecule has 0 aromatic rings. The third-order valence-corrected chi connectivity index (χ3v) is 2.81. The Balaban J connectivity index is 2.17. The third kappa shape index (κ3) is 4.51. The van der Waals surface area contributed by atoms with Gasteiger partial charge in [0.2, 0.25) is 0 Å². The standard InChI is InChI=1S/C11H24N4/c1-4-6-13-11(12-2)14-8-10-5-7-15(3)9-10/h10H,4-9H2,1-3H3,(H2,12,13,14). The number of likely N-dealkylation sites (tertiary alicyclic amines) is 1. The molecule has 4 heteroatoms. The lowest BCUT2D eigenvalue weighted by molar-refractivity contribution is 0.394. The lowest BCUT2D eigenvalue weighted by Gasteiger charge is -2.15. The number of guanidine groups is 1. The topological polar surface area (TPSA) is 39.7 Å². The molecule has 1 aliphatic rings. The van der Waals surface area contributed by atoms with Crippen molar-refractivity contribution < 1.29 is 0 Å². The summed E-state index contributed by atoms with van der Waals surface area (Å²) in [5.41, 5.74) is 0. The highest BCUT2D eigenvalue weighted by Gasteiger charge is 2.19. The van der Waals surface area contributed by atoms with E-state index in [4.69, 9.17) is 0 Å². The van der Waals surface area contributed by atoms with Crippen LogP contribution in [0.2, 0.25) is 0 Å². The Morgan fingerprint density at radius 3 is 2.80 bits per heavy atom. The van der Waals surface area contributed by atoms with E-state index < -0.39 is 0 Å². The highest BCUT2D eigenvalue weighted by Crippen LogP contribution is 2.12. The van der Waals surface area contributed by atoms with Crippen LogP contribution in [0, 0.1) is 5.92 Å². The number of hydrogen-bond donors (Lipinski definition) is 2. The van der Waals surface area contributed by atoms with Crippen LogP contribution in [0.1, 0.15) is 19.8 Å². The van der Waals surface area contributed by atoms with E-state index in [1.165, 1.54) is 19.5 Å². The lowest BCUT2D eigenvalue weighted by Crippen LogP contribution is -2.40. The van der Waals surface area contributed by atoms with E-state index in [9.17, 15) is 0 Å². The van der Waals surface area contributed by atoms with Gasteiger partial charge in [-0.15, -0.1) is 0 Å². The molecule has 0 amide bonds. The van der Waals surface area contributed by atoms with E-state index >= 15 is 0 Å². The number of hydrogen-bond acceptors (Lipinski definition) is 2. The smallest absolute Gasteiger partial charge is 0.190 e. The predicted molar refractivity (Wildman–Crippen MR) is 65.3 cm³/mol. The van der Waals surface area contributed by atoms with E-state index in [1.807, 2.05) is 7.05 Å². The Bertz CT molecular complexity index is 203. The van der Waals surface area contributed by atoms with Crippen LogP contribution in [0.15, 0.2) is 4.99 Å². The highest BCUT2D eigenvalue weighted by atomic mass is 15.2. The van der Waals surface area contributed by atoms with Gasteiger partial charge < -0.3 is 15.5 Å². The first-order valence-electron chi connectivity index (χ1n) is 5.89. The quantitative estimate of drug-likeness (QED) is 0.527. The van der Waals surface area contributed by atoms with Crippen molar-refractivity contribution in [1.29, 1.82) is 0 Å². The zero-order chi connectivity index (χ0) is 11.1. The molecule has 0 aromatic heterocycles. The SMILES string of the molecule is CCCNC(=NC)NCC1CCN(C)C1. The van der Waals surface area contributed by atoms with Gasteiger partial charge in [0.25, 0.3) is 0 Å². The Hall–Kier alpha value is -0.770. The van der Waals surface area contributed by atoms with Gasteiger partial charge in [-0.1, -0.05) is 6.92 Å². The fourth-order valence-electron chi connectivity index (χ4n) is 1.90. The monoisotopic (exact) mass is 212 g/mol. The normalized spacial score (nSPS) is 23.1. The second-order valence-corrected chi connectivity index (χ2v) is 4.30. The summed E-state index contributed by atoms with van der Waals surface area (Å²) in [4.78, 5) is 6.57. The summed E-state index contributed by atoms with van der Waals surface area (Å²) in [6.45, 7) is 6.62. The van der Waals surface area contributed by atoms with E-state index in [-0.39, 0.29) is 0 Å². The first-order valence-corrected chi connectivity index (χ1v) is 5.89. The van der Waals surface area contributed by atoms with Gasteiger partial charge in [0.1, 0.15) is 0 Å². The van der Waals surface area contributed by atoms with Crippen molar-refractivity contribution in [3.63, 3.8) is 0 Å². The average Bonchev–Trinajstić information content (AvgIpc) is 2.65. The number of aliphatic imine (C=N–C) groups is 1. The van der Waals surface area contributed by atoms with Crippen molar-refractivity contribution in [2.75, 3.05) is 40.3 Å². The Morgan fingerprint density at radius 2 is 2.27 bits per heavy atom. The molecule has 0 aliphatic carbocycles. The second-order valence-electron chi connectivity index (χ2n) is 4.30. The predicted octanol–water partition coefficient (Wildman–Crippen LogP) is 0.513. The van der Waals surface area contributed by atoms with Crippen LogP contribution in [-0.4, -0.2) is 51.1 Å². The van der Waals surface area contributed by atoms with Crippen LogP contribution < -0.4 is 10.6 Å². The van der Waals surface area contributed by atoms with Crippen LogP contribution in [-0.2, 0) is 0 Å². The molecule has 1 saturated heterocycles. The average molecular weight is 212 g/mol. The van der Waals surface area contributed by atoms with Gasteiger partial charge in [0.15, 0.2) is 5.96 Å². The molecule has 4 nitrogen and oxygen atoms in total. The molecule has 1 rings (SSSR count). The van der Waals surface area contributed by atoms with Gasteiger partial charge in [-0.25, -0.2) is 0 Å². The zero-order valence-corrected chi connectivity index (χ0v) is 10.2.